The molecule has 1 aromatic carbocycles. The third-order valence-electron chi connectivity index (χ3n) is 4.74. The van der Waals surface area contributed by atoms with Crippen molar-refractivity contribution in [3.8, 4) is 5.69 Å². The van der Waals surface area contributed by atoms with E-state index in [1.54, 1.807) is 0 Å². The van der Waals surface area contributed by atoms with Crippen LogP contribution in [0.5, 0.6) is 0 Å². The summed E-state index contributed by atoms with van der Waals surface area (Å²) in [5.74, 6) is 0.0861. The minimum absolute atomic E-state index is 0.0861. The summed E-state index contributed by atoms with van der Waals surface area (Å²) in [4.78, 5) is 14.6. The van der Waals surface area contributed by atoms with Crippen LogP contribution in [0.2, 0.25) is 0 Å². The van der Waals surface area contributed by atoms with Crippen molar-refractivity contribution in [2.75, 3.05) is 20.1 Å². The van der Waals surface area contributed by atoms with Crippen molar-refractivity contribution in [2.24, 2.45) is 0 Å². The van der Waals surface area contributed by atoms with Crippen LogP contribution in [0.25, 0.3) is 5.69 Å². The van der Waals surface area contributed by atoms with E-state index in [1.165, 1.54) is 0 Å². The average molecular weight is 391 g/mol. The molecular formula is C18H23BrN4O. The van der Waals surface area contributed by atoms with Crippen molar-refractivity contribution in [1.82, 2.24) is 20.0 Å². The maximum absolute atomic E-state index is 12.7. The lowest BCUT2D eigenvalue weighted by molar-refractivity contribution is 0.0703. The second-order valence-corrected chi connectivity index (χ2v) is 7.13. The van der Waals surface area contributed by atoms with E-state index in [9.17, 15) is 4.79 Å². The highest BCUT2D eigenvalue weighted by Gasteiger charge is 2.22. The first kappa shape index (κ1) is 17.2. The molecule has 0 aliphatic carbocycles. The number of aromatic nitrogens is 2. The van der Waals surface area contributed by atoms with Crippen molar-refractivity contribution < 1.29 is 4.79 Å². The Bertz CT molecular complexity index is 732. The van der Waals surface area contributed by atoms with Gasteiger partial charge in [-0.05, 0) is 80.0 Å². The van der Waals surface area contributed by atoms with Crippen molar-refractivity contribution in [1.29, 1.82) is 0 Å². The van der Waals surface area contributed by atoms with Gasteiger partial charge < -0.3 is 10.2 Å². The first-order valence-electron chi connectivity index (χ1n) is 8.29. The van der Waals surface area contributed by atoms with Gasteiger partial charge >= 0.3 is 0 Å². The summed E-state index contributed by atoms with van der Waals surface area (Å²) in [6.07, 6.45) is 2.03. The summed E-state index contributed by atoms with van der Waals surface area (Å²) in [7, 11) is 1.91. The highest BCUT2D eigenvalue weighted by atomic mass is 79.9. The molecule has 0 spiro atoms. The van der Waals surface area contributed by atoms with Gasteiger partial charge in [-0.3, -0.25) is 4.79 Å². The number of hydrogen-bond donors (Lipinski definition) is 1. The molecule has 1 aliphatic heterocycles. The average Bonchev–Trinajstić information content (AvgIpc) is 2.89. The third-order valence-corrected chi connectivity index (χ3v) is 5.89. The minimum atomic E-state index is 0.0861. The summed E-state index contributed by atoms with van der Waals surface area (Å²) in [6, 6.07) is 8.01. The van der Waals surface area contributed by atoms with E-state index in [0.29, 0.717) is 6.04 Å². The van der Waals surface area contributed by atoms with Crippen LogP contribution in [-0.4, -0.2) is 46.8 Å². The molecule has 5 nitrogen and oxygen atoms in total. The second-order valence-electron chi connectivity index (χ2n) is 6.34. The fraction of sp³-hybridized carbons (Fsp3) is 0.444. The van der Waals surface area contributed by atoms with Gasteiger partial charge in [-0.1, -0.05) is 0 Å². The van der Waals surface area contributed by atoms with Gasteiger partial charge in [-0.25, -0.2) is 4.68 Å². The molecule has 0 saturated carbocycles. The number of aryl methyl sites for hydroxylation is 1. The molecule has 1 aromatic heterocycles. The lowest BCUT2D eigenvalue weighted by Gasteiger charge is -2.31. The zero-order chi connectivity index (χ0) is 17.3. The molecule has 1 N–H and O–H groups in total. The standard InChI is InChI=1S/C18H23BrN4O/c1-12-17(19)13(2)23(21-12)16-6-4-14(5-7-16)18(24)22(3)15-8-10-20-11-9-15/h4-7,15,20H,8-11H2,1-3H3. The van der Waals surface area contributed by atoms with Crippen LogP contribution in [0.1, 0.15) is 34.6 Å². The Morgan fingerprint density at radius 2 is 1.88 bits per heavy atom. The minimum Gasteiger partial charge on any atom is -0.339 e. The molecule has 2 aromatic rings. The number of benzene rings is 1. The molecule has 3 rings (SSSR count). The number of piperidine rings is 1. The third kappa shape index (κ3) is 3.26. The Labute approximate surface area is 151 Å². The first-order valence-corrected chi connectivity index (χ1v) is 9.08. The molecule has 6 heteroatoms. The largest absolute Gasteiger partial charge is 0.339 e. The van der Waals surface area contributed by atoms with E-state index >= 15 is 0 Å². The predicted octanol–water partition coefficient (Wildman–Crippen LogP) is 3.08. The van der Waals surface area contributed by atoms with Gasteiger partial charge in [-0.15, -0.1) is 0 Å². The van der Waals surface area contributed by atoms with E-state index in [-0.39, 0.29) is 5.91 Å². The van der Waals surface area contributed by atoms with Crippen molar-refractivity contribution in [2.45, 2.75) is 32.7 Å². The summed E-state index contributed by atoms with van der Waals surface area (Å²) < 4.78 is 2.91. The van der Waals surface area contributed by atoms with E-state index in [0.717, 1.165) is 53.0 Å². The summed E-state index contributed by atoms with van der Waals surface area (Å²) in [5.41, 5.74) is 3.69. The van der Waals surface area contributed by atoms with E-state index in [1.807, 2.05) is 54.7 Å². The quantitative estimate of drug-likeness (QED) is 0.875. The zero-order valence-electron chi connectivity index (χ0n) is 14.3. The number of nitrogens with one attached hydrogen (secondary N) is 1. The zero-order valence-corrected chi connectivity index (χ0v) is 15.9. The SMILES string of the molecule is Cc1nn(-c2ccc(C(=O)N(C)C3CCNCC3)cc2)c(C)c1Br. The fourth-order valence-electron chi connectivity index (χ4n) is 3.18. The molecule has 1 amide bonds. The van der Waals surface area contributed by atoms with E-state index in [2.05, 4.69) is 26.3 Å². The van der Waals surface area contributed by atoms with Crippen LogP contribution < -0.4 is 5.32 Å². The maximum Gasteiger partial charge on any atom is 0.253 e. The second kappa shape index (κ2) is 7.07. The predicted molar refractivity (Wildman–Crippen MR) is 98.7 cm³/mol. The lowest BCUT2D eigenvalue weighted by atomic mass is 10.0. The Morgan fingerprint density at radius 3 is 2.42 bits per heavy atom. The van der Waals surface area contributed by atoms with Crippen LogP contribution in [0.15, 0.2) is 28.7 Å². The first-order chi connectivity index (χ1) is 11.5. The number of hydrogen-bond acceptors (Lipinski definition) is 3. The van der Waals surface area contributed by atoms with Crippen molar-refractivity contribution in [3.05, 3.63) is 45.7 Å². The Kier molecular flexibility index (Phi) is 5.06. The van der Waals surface area contributed by atoms with Crippen LogP contribution >= 0.6 is 15.9 Å². The molecule has 0 radical (unpaired) electrons. The number of rotatable bonds is 3. The van der Waals surface area contributed by atoms with Crippen LogP contribution in [0.4, 0.5) is 0 Å². The molecular weight excluding hydrogens is 368 g/mol. The summed E-state index contributed by atoms with van der Waals surface area (Å²) in [5, 5.41) is 7.86. The van der Waals surface area contributed by atoms with E-state index < -0.39 is 0 Å². The normalized spacial score (nSPS) is 15.5. The molecule has 128 valence electrons. The molecule has 1 saturated heterocycles. The Balaban J connectivity index is 1.78. The number of carbonyl (C=O) groups is 1. The van der Waals surface area contributed by atoms with Gasteiger partial charge in [0.2, 0.25) is 0 Å². The summed E-state index contributed by atoms with van der Waals surface area (Å²) >= 11 is 3.55. The van der Waals surface area contributed by atoms with Crippen LogP contribution in [0, 0.1) is 13.8 Å². The highest BCUT2D eigenvalue weighted by molar-refractivity contribution is 9.10. The molecule has 0 bridgehead atoms. The van der Waals surface area contributed by atoms with Gasteiger partial charge in [0, 0.05) is 18.7 Å². The van der Waals surface area contributed by atoms with Gasteiger partial charge in [-0.2, -0.15) is 5.10 Å². The monoisotopic (exact) mass is 390 g/mol. The van der Waals surface area contributed by atoms with Gasteiger partial charge in [0.05, 0.1) is 21.5 Å². The molecule has 1 aliphatic rings. The fourth-order valence-corrected chi connectivity index (χ4v) is 3.43. The van der Waals surface area contributed by atoms with E-state index in [4.69, 9.17) is 0 Å². The molecule has 0 atom stereocenters. The number of nitrogens with zero attached hydrogens (tertiary/aromatic N) is 3. The molecule has 0 unspecified atom stereocenters. The van der Waals surface area contributed by atoms with Crippen LogP contribution in [0.3, 0.4) is 0 Å². The molecule has 24 heavy (non-hydrogen) atoms. The molecule has 1 fully saturated rings. The topological polar surface area (TPSA) is 50.2 Å². The number of carbonyl (C=O) groups excluding carboxylic acids is 1. The van der Waals surface area contributed by atoms with Crippen LogP contribution in [-0.2, 0) is 0 Å². The maximum atomic E-state index is 12.7. The smallest absolute Gasteiger partial charge is 0.253 e. The highest BCUT2D eigenvalue weighted by Crippen LogP contribution is 2.23. The van der Waals surface area contributed by atoms with Crippen molar-refractivity contribution >= 4 is 21.8 Å². The Hall–Kier alpha value is -1.66. The molecule has 2 heterocycles. The number of amides is 1. The number of halogens is 1. The van der Waals surface area contributed by atoms with Crippen molar-refractivity contribution in [3.63, 3.8) is 0 Å². The lowest BCUT2D eigenvalue weighted by Crippen LogP contribution is -2.43. The summed E-state index contributed by atoms with van der Waals surface area (Å²) in [6.45, 7) is 5.95. The van der Waals surface area contributed by atoms with Gasteiger partial charge in [0.1, 0.15) is 0 Å². The van der Waals surface area contributed by atoms with Gasteiger partial charge in [0.15, 0.2) is 0 Å². The Morgan fingerprint density at radius 1 is 1.25 bits per heavy atom. The van der Waals surface area contributed by atoms with Gasteiger partial charge in [0.25, 0.3) is 5.91 Å².